The van der Waals surface area contributed by atoms with Crippen molar-refractivity contribution in [3.63, 3.8) is 0 Å². The third kappa shape index (κ3) is 6.08. The molecule has 0 aromatic carbocycles. The molecule has 2 nitrogen and oxygen atoms in total. The second kappa shape index (κ2) is 6.32. The monoisotopic (exact) mass is 240 g/mol. The lowest BCUT2D eigenvalue weighted by Crippen LogP contribution is -2.24. The largest absolute Gasteiger partial charge is 0.355 e. The molecular formula is C6H11INO. The molecular weight excluding hydrogens is 229 g/mol. The molecule has 0 spiro atoms. The summed E-state index contributed by atoms with van der Waals surface area (Å²) >= 11 is 2.04. The number of alkyl halides is 1. The number of amides is 1. The Morgan fingerprint density at radius 2 is 2.33 bits per heavy atom. The number of hydrogen-bond donors (Lipinski definition) is 1. The van der Waals surface area contributed by atoms with Gasteiger partial charge in [0.05, 0.1) is 4.43 Å². The Balaban J connectivity index is 2.97. The van der Waals surface area contributed by atoms with Crippen LogP contribution in [-0.4, -0.2) is 16.9 Å². The van der Waals surface area contributed by atoms with Gasteiger partial charge in [-0.2, -0.15) is 0 Å². The van der Waals surface area contributed by atoms with E-state index in [9.17, 15) is 4.79 Å². The van der Waals surface area contributed by atoms with Crippen LogP contribution in [0.15, 0.2) is 0 Å². The van der Waals surface area contributed by atoms with Crippen molar-refractivity contribution in [3.05, 3.63) is 6.92 Å². The number of nitrogens with one attached hydrogen (secondary N) is 1. The Labute approximate surface area is 69.5 Å². The minimum Gasteiger partial charge on any atom is -0.355 e. The molecule has 0 aliphatic rings. The van der Waals surface area contributed by atoms with Gasteiger partial charge in [-0.25, -0.2) is 0 Å². The van der Waals surface area contributed by atoms with E-state index in [1.807, 2.05) is 22.6 Å². The second-order valence-electron chi connectivity index (χ2n) is 1.69. The highest BCUT2D eigenvalue weighted by Gasteiger charge is 1.93. The van der Waals surface area contributed by atoms with Gasteiger partial charge in [0.25, 0.3) is 0 Å². The predicted octanol–water partition coefficient (Wildman–Crippen LogP) is 1.15. The van der Waals surface area contributed by atoms with Crippen LogP contribution in [0.4, 0.5) is 0 Å². The number of unbranched alkanes of at least 4 members (excludes halogenated alkanes) is 1. The van der Waals surface area contributed by atoms with E-state index < -0.39 is 0 Å². The van der Waals surface area contributed by atoms with Gasteiger partial charge in [-0.3, -0.25) is 4.79 Å². The van der Waals surface area contributed by atoms with Gasteiger partial charge in [0, 0.05) is 6.54 Å². The molecule has 0 fully saturated rings. The zero-order chi connectivity index (χ0) is 7.11. The molecule has 1 radical (unpaired) electrons. The standard InChI is InChI=1S/C6H11INO/c1-2-3-4-8-6(9)5-7/h1-5H2,(H,8,9). The maximum atomic E-state index is 10.5. The first-order chi connectivity index (χ1) is 4.31. The molecule has 1 N–H and O–H groups in total. The van der Waals surface area contributed by atoms with E-state index in [1.165, 1.54) is 0 Å². The summed E-state index contributed by atoms with van der Waals surface area (Å²) in [5, 5.41) is 2.75. The van der Waals surface area contributed by atoms with Crippen LogP contribution in [0.1, 0.15) is 12.8 Å². The third-order valence-electron chi connectivity index (χ3n) is 0.870. The molecule has 0 unspecified atom stereocenters. The van der Waals surface area contributed by atoms with E-state index in [1.54, 1.807) is 0 Å². The fourth-order valence-electron chi connectivity index (χ4n) is 0.400. The van der Waals surface area contributed by atoms with E-state index in [4.69, 9.17) is 0 Å². The average Bonchev–Trinajstić information content (AvgIpc) is 1.89. The third-order valence-corrected chi connectivity index (χ3v) is 1.56. The molecule has 3 heteroatoms. The lowest BCUT2D eigenvalue weighted by molar-refractivity contribution is -0.118. The molecule has 0 aliphatic carbocycles. The summed E-state index contributed by atoms with van der Waals surface area (Å²) in [7, 11) is 0. The topological polar surface area (TPSA) is 29.1 Å². The van der Waals surface area contributed by atoms with Crippen molar-refractivity contribution in [1.82, 2.24) is 5.32 Å². The lowest BCUT2D eigenvalue weighted by Gasteiger charge is -1.98. The van der Waals surface area contributed by atoms with Crippen molar-refractivity contribution in [1.29, 1.82) is 0 Å². The molecule has 0 saturated carbocycles. The van der Waals surface area contributed by atoms with Gasteiger partial charge in [0.1, 0.15) is 0 Å². The highest BCUT2D eigenvalue weighted by molar-refractivity contribution is 14.1. The predicted molar refractivity (Wildman–Crippen MR) is 46.5 cm³/mol. The Morgan fingerprint density at radius 3 is 2.78 bits per heavy atom. The van der Waals surface area contributed by atoms with E-state index in [2.05, 4.69) is 12.2 Å². The van der Waals surface area contributed by atoms with Crippen LogP contribution in [0.2, 0.25) is 0 Å². The zero-order valence-electron chi connectivity index (χ0n) is 5.32. The van der Waals surface area contributed by atoms with Gasteiger partial charge in [0.15, 0.2) is 0 Å². The normalized spacial score (nSPS) is 9.11. The Hall–Kier alpha value is 0.200. The smallest absolute Gasteiger partial charge is 0.229 e. The molecule has 0 saturated heterocycles. The lowest BCUT2D eigenvalue weighted by atomic mass is 10.3. The average molecular weight is 240 g/mol. The summed E-state index contributed by atoms with van der Waals surface area (Å²) in [5.74, 6) is 0.115. The maximum absolute atomic E-state index is 10.5. The van der Waals surface area contributed by atoms with Gasteiger partial charge >= 0.3 is 0 Å². The molecule has 0 heterocycles. The van der Waals surface area contributed by atoms with Crippen molar-refractivity contribution in [2.45, 2.75) is 12.8 Å². The van der Waals surface area contributed by atoms with Crippen molar-refractivity contribution in [2.24, 2.45) is 0 Å². The van der Waals surface area contributed by atoms with Crippen LogP contribution >= 0.6 is 22.6 Å². The first-order valence-corrected chi connectivity index (χ1v) is 4.45. The first kappa shape index (κ1) is 9.20. The van der Waals surface area contributed by atoms with E-state index in [0.717, 1.165) is 19.4 Å². The Kier molecular flexibility index (Phi) is 6.46. The minimum absolute atomic E-state index is 0.115. The summed E-state index contributed by atoms with van der Waals surface area (Å²) in [6, 6.07) is 0. The van der Waals surface area contributed by atoms with Crippen LogP contribution in [0.3, 0.4) is 0 Å². The highest BCUT2D eigenvalue weighted by Crippen LogP contribution is 1.83. The van der Waals surface area contributed by atoms with Crippen molar-refractivity contribution in [3.8, 4) is 0 Å². The molecule has 0 aromatic rings. The number of rotatable bonds is 4. The van der Waals surface area contributed by atoms with E-state index in [0.29, 0.717) is 4.43 Å². The van der Waals surface area contributed by atoms with Crippen LogP contribution < -0.4 is 5.32 Å². The molecule has 0 aromatic heterocycles. The summed E-state index contributed by atoms with van der Waals surface area (Å²) in [4.78, 5) is 10.5. The summed E-state index contributed by atoms with van der Waals surface area (Å²) in [6.45, 7) is 4.42. The van der Waals surface area contributed by atoms with E-state index in [-0.39, 0.29) is 5.91 Å². The molecule has 1 amide bonds. The fraction of sp³-hybridized carbons (Fsp3) is 0.667. The number of halogens is 1. The molecule has 0 atom stereocenters. The number of hydrogen-bond acceptors (Lipinski definition) is 1. The molecule has 53 valence electrons. The quantitative estimate of drug-likeness (QED) is 0.445. The Morgan fingerprint density at radius 1 is 1.67 bits per heavy atom. The van der Waals surface area contributed by atoms with Crippen LogP contribution in [0, 0.1) is 6.92 Å². The summed E-state index contributed by atoms with van der Waals surface area (Å²) in [6.07, 6.45) is 1.86. The fourth-order valence-corrected chi connectivity index (χ4v) is 0.670. The molecule has 0 bridgehead atoms. The highest BCUT2D eigenvalue weighted by atomic mass is 127. The molecule has 0 rings (SSSR count). The van der Waals surface area contributed by atoms with Crippen molar-refractivity contribution in [2.75, 3.05) is 11.0 Å². The van der Waals surface area contributed by atoms with Gasteiger partial charge in [-0.05, 0) is 6.42 Å². The second-order valence-corrected chi connectivity index (χ2v) is 2.45. The van der Waals surface area contributed by atoms with Crippen molar-refractivity contribution < 1.29 is 4.79 Å². The molecule has 9 heavy (non-hydrogen) atoms. The minimum atomic E-state index is 0.115. The van der Waals surface area contributed by atoms with Crippen LogP contribution in [0.5, 0.6) is 0 Å². The first-order valence-electron chi connectivity index (χ1n) is 2.93. The van der Waals surface area contributed by atoms with E-state index >= 15 is 0 Å². The number of carbonyl (C=O) groups excluding carboxylic acids is 1. The van der Waals surface area contributed by atoms with Gasteiger partial charge in [0.2, 0.25) is 5.91 Å². The summed E-state index contributed by atoms with van der Waals surface area (Å²) < 4.78 is 0.550. The van der Waals surface area contributed by atoms with Crippen LogP contribution in [0.25, 0.3) is 0 Å². The summed E-state index contributed by atoms with van der Waals surface area (Å²) in [5.41, 5.74) is 0. The van der Waals surface area contributed by atoms with Gasteiger partial charge in [-0.15, -0.1) is 0 Å². The molecule has 0 aliphatic heterocycles. The number of carbonyl (C=O) groups is 1. The van der Waals surface area contributed by atoms with Crippen molar-refractivity contribution >= 4 is 28.5 Å². The SMILES string of the molecule is [CH2]CCCNC(=O)CI. The van der Waals surface area contributed by atoms with Crippen LogP contribution in [-0.2, 0) is 4.79 Å². The van der Waals surface area contributed by atoms with Gasteiger partial charge in [-0.1, -0.05) is 35.9 Å². The Bertz CT molecular complexity index is 85.1. The maximum Gasteiger partial charge on any atom is 0.229 e. The zero-order valence-corrected chi connectivity index (χ0v) is 7.48. The van der Waals surface area contributed by atoms with Gasteiger partial charge < -0.3 is 5.32 Å².